The van der Waals surface area contributed by atoms with E-state index in [0.717, 1.165) is 22.5 Å². The number of H-pyrrole nitrogens is 1. The normalized spacial score (nSPS) is 16.2. The van der Waals surface area contributed by atoms with Crippen LogP contribution >= 0.6 is 0 Å². The Hall–Kier alpha value is -2.45. The van der Waals surface area contributed by atoms with Gasteiger partial charge in [0.15, 0.2) is 0 Å². The Labute approximate surface area is 157 Å². The maximum absolute atomic E-state index is 13.3. The zero-order valence-corrected chi connectivity index (χ0v) is 16.1. The fraction of sp³-hybridized carbons (Fsp3) is 0.316. The van der Waals surface area contributed by atoms with Crippen molar-refractivity contribution in [2.75, 3.05) is 31.1 Å². The Morgan fingerprint density at radius 3 is 2.48 bits per heavy atom. The number of nitrogens with one attached hydrogen (secondary N) is 1. The predicted molar refractivity (Wildman–Crippen MR) is 103 cm³/mol. The van der Waals surface area contributed by atoms with Crippen molar-refractivity contribution >= 4 is 26.7 Å². The first-order valence-corrected chi connectivity index (χ1v) is 10.3. The number of piperazine rings is 1. The average Bonchev–Trinajstić information content (AvgIpc) is 3.00. The third-order valence-corrected chi connectivity index (χ3v) is 7.00. The predicted octanol–water partition coefficient (Wildman–Crippen LogP) is 2.83. The van der Waals surface area contributed by atoms with Crippen molar-refractivity contribution in [2.24, 2.45) is 0 Å². The second-order valence-electron chi connectivity index (χ2n) is 6.82. The van der Waals surface area contributed by atoms with E-state index in [9.17, 15) is 12.8 Å². The maximum Gasteiger partial charge on any atom is 0.243 e. The van der Waals surface area contributed by atoms with Gasteiger partial charge in [-0.05, 0) is 55.8 Å². The van der Waals surface area contributed by atoms with Gasteiger partial charge < -0.3 is 9.88 Å². The number of halogens is 1. The molecule has 0 saturated carbocycles. The molecule has 1 aliphatic heterocycles. The highest BCUT2D eigenvalue weighted by Gasteiger charge is 2.29. The number of anilines is 1. The molecule has 1 N–H and O–H groups in total. The van der Waals surface area contributed by atoms with Crippen LogP contribution in [0.15, 0.2) is 41.3 Å². The number of benzene rings is 2. The van der Waals surface area contributed by atoms with E-state index in [-0.39, 0.29) is 4.90 Å². The second-order valence-corrected chi connectivity index (χ2v) is 8.73. The first-order valence-electron chi connectivity index (χ1n) is 8.82. The Kier molecular flexibility index (Phi) is 4.39. The van der Waals surface area contributed by atoms with Crippen LogP contribution in [0.1, 0.15) is 11.4 Å². The quantitative estimate of drug-likeness (QED) is 0.749. The molecular weight excluding hydrogens is 367 g/mol. The van der Waals surface area contributed by atoms with Crippen LogP contribution in [0, 0.1) is 19.7 Å². The van der Waals surface area contributed by atoms with Gasteiger partial charge in [-0.15, -0.1) is 0 Å². The number of nitrogens with zero attached hydrogens (tertiary/aromatic N) is 3. The Morgan fingerprint density at radius 1 is 1.04 bits per heavy atom. The Balaban J connectivity index is 1.52. The molecule has 0 aliphatic carbocycles. The minimum absolute atomic E-state index is 0.173. The van der Waals surface area contributed by atoms with Crippen molar-refractivity contribution in [1.29, 1.82) is 0 Å². The van der Waals surface area contributed by atoms with Crippen molar-refractivity contribution in [1.82, 2.24) is 14.3 Å². The molecule has 1 saturated heterocycles. The first-order chi connectivity index (χ1) is 12.8. The number of hydrogen-bond acceptors (Lipinski definition) is 4. The van der Waals surface area contributed by atoms with E-state index in [2.05, 4.69) is 14.9 Å². The van der Waals surface area contributed by atoms with Crippen LogP contribution in [0.5, 0.6) is 0 Å². The van der Waals surface area contributed by atoms with E-state index >= 15 is 0 Å². The van der Waals surface area contributed by atoms with Gasteiger partial charge in [-0.2, -0.15) is 4.31 Å². The van der Waals surface area contributed by atoms with Crippen LogP contribution in [0.4, 0.5) is 10.1 Å². The van der Waals surface area contributed by atoms with Crippen molar-refractivity contribution in [2.45, 2.75) is 18.7 Å². The van der Waals surface area contributed by atoms with Crippen LogP contribution in [0.3, 0.4) is 0 Å². The smallest absolute Gasteiger partial charge is 0.243 e. The lowest BCUT2D eigenvalue weighted by Gasteiger charge is -2.35. The van der Waals surface area contributed by atoms with E-state index in [4.69, 9.17) is 0 Å². The molecule has 142 valence electrons. The molecule has 0 amide bonds. The monoisotopic (exact) mass is 388 g/mol. The topological polar surface area (TPSA) is 69.3 Å². The fourth-order valence-corrected chi connectivity index (χ4v) is 5.18. The first kappa shape index (κ1) is 17.9. The second kappa shape index (κ2) is 6.61. The van der Waals surface area contributed by atoms with Gasteiger partial charge in [0.2, 0.25) is 10.0 Å². The van der Waals surface area contributed by atoms with Gasteiger partial charge >= 0.3 is 0 Å². The van der Waals surface area contributed by atoms with Gasteiger partial charge in [0.05, 0.1) is 15.9 Å². The van der Waals surface area contributed by atoms with Gasteiger partial charge in [-0.1, -0.05) is 0 Å². The molecule has 27 heavy (non-hydrogen) atoms. The number of aryl methyl sites for hydroxylation is 2. The summed E-state index contributed by atoms with van der Waals surface area (Å²) in [5.74, 6) is 0.438. The van der Waals surface area contributed by atoms with Crippen molar-refractivity contribution in [3.8, 4) is 0 Å². The highest BCUT2D eigenvalue weighted by Crippen LogP contribution is 2.25. The molecule has 0 bridgehead atoms. The SMILES string of the molecule is Cc1nc2ccc(N3CCN(S(=O)(=O)c4ccc(F)cc4C)CC3)cc2[nH]1. The lowest BCUT2D eigenvalue weighted by molar-refractivity contribution is 0.384. The Bertz CT molecular complexity index is 1100. The number of hydrogen-bond donors (Lipinski definition) is 1. The molecule has 0 unspecified atom stereocenters. The highest BCUT2D eigenvalue weighted by molar-refractivity contribution is 7.89. The van der Waals surface area contributed by atoms with E-state index < -0.39 is 15.8 Å². The van der Waals surface area contributed by atoms with Gasteiger partial charge in [0.1, 0.15) is 11.6 Å². The molecule has 4 rings (SSSR count). The molecular formula is C19H21FN4O2S. The molecule has 0 atom stereocenters. The van der Waals surface area contributed by atoms with Crippen LogP contribution in [0.2, 0.25) is 0 Å². The molecule has 0 spiro atoms. The highest BCUT2D eigenvalue weighted by atomic mass is 32.2. The van der Waals surface area contributed by atoms with Crippen LogP contribution in [0.25, 0.3) is 11.0 Å². The number of imidazole rings is 1. The molecule has 1 aromatic heterocycles. The van der Waals surface area contributed by atoms with Gasteiger partial charge in [-0.25, -0.2) is 17.8 Å². The minimum Gasteiger partial charge on any atom is -0.369 e. The zero-order chi connectivity index (χ0) is 19.2. The lowest BCUT2D eigenvalue weighted by Crippen LogP contribution is -2.48. The van der Waals surface area contributed by atoms with Gasteiger partial charge in [0, 0.05) is 31.9 Å². The number of aromatic amines is 1. The molecule has 8 heteroatoms. The zero-order valence-electron chi connectivity index (χ0n) is 15.2. The number of sulfonamides is 1. The van der Waals surface area contributed by atoms with Crippen LogP contribution < -0.4 is 4.90 Å². The van der Waals surface area contributed by atoms with E-state index in [1.54, 1.807) is 6.92 Å². The minimum atomic E-state index is -3.62. The maximum atomic E-state index is 13.3. The number of aromatic nitrogens is 2. The average molecular weight is 388 g/mol. The summed E-state index contributed by atoms with van der Waals surface area (Å²) in [6, 6.07) is 9.82. The molecule has 1 fully saturated rings. The van der Waals surface area contributed by atoms with Crippen LogP contribution in [-0.2, 0) is 10.0 Å². The summed E-state index contributed by atoms with van der Waals surface area (Å²) in [7, 11) is -3.62. The Morgan fingerprint density at radius 2 is 1.78 bits per heavy atom. The van der Waals surface area contributed by atoms with E-state index in [1.807, 2.05) is 25.1 Å². The van der Waals surface area contributed by atoms with Crippen molar-refractivity contribution in [3.63, 3.8) is 0 Å². The van der Waals surface area contributed by atoms with Crippen molar-refractivity contribution < 1.29 is 12.8 Å². The molecule has 1 aliphatic rings. The van der Waals surface area contributed by atoms with Gasteiger partial charge in [-0.3, -0.25) is 0 Å². The summed E-state index contributed by atoms with van der Waals surface area (Å²) in [4.78, 5) is 9.97. The van der Waals surface area contributed by atoms with Crippen molar-refractivity contribution in [3.05, 3.63) is 53.6 Å². The number of rotatable bonds is 3. The summed E-state index contributed by atoms with van der Waals surface area (Å²) in [5.41, 5.74) is 3.37. The third kappa shape index (κ3) is 3.30. The molecule has 3 aromatic rings. The van der Waals surface area contributed by atoms with E-state index in [1.165, 1.54) is 22.5 Å². The summed E-state index contributed by atoms with van der Waals surface area (Å²) in [6.45, 7) is 5.50. The molecule has 6 nitrogen and oxygen atoms in total. The summed E-state index contributed by atoms with van der Waals surface area (Å²) < 4.78 is 40.6. The molecule has 2 aromatic carbocycles. The standard InChI is InChI=1S/C19H21FN4O2S/c1-13-11-15(20)3-6-19(13)27(25,26)24-9-7-23(8-10-24)16-4-5-17-18(12-16)22-14(2)21-17/h3-6,11-12H,7-10H2,1-2H3,(H,21,22). The number of fused-ring (bicyclic) bond motifs is 1. The summed E-state index contributed by atoms with van der Waals surface area (Å²) >= 11 is 0. The van der Waals surface area contributed by atoms with Gasteiger partial charge in [0.25, 0.3) is 0 Å². The fourth-order valence-electron chi connectivity index (χ4n) is 3.55. The lowest BCUT2D eigenvalue weighted by atomic mass is 10.2. The summed E-state index contributed by atoms with van der Waals surface area (Å²) in [5, 5.41) is 0. The van der Waals surface area contributed by atoms with E-state index in [0.29, 0.717) is 31.7 Å². The third-order valence-electron chi connectivity index (χ3n) is 4.94. The molecule has 0 radical (unpaired) electrons. The summed E-state index contributed by atoms with van der Waals surface area (Å²) in [6.07, 6.45) is 0. The largest absolute Gasteiger partial charge is 0.369 e. The van der Waals surface area contributed by atoms with Crippen LogP contribution in [-0.4, -0.2) is 48.9 Å². The molecule has 2 heterocycles.